The Labute approximate surface area is 97.7 Å². The van der Waals surface area contributed by atoms with Crippen LogP contribution in [0.5, 0.6) is 0 Å². The topological polar surface area (TPSA) is 58.6 Å². The molecular formula is C12H23NO3. The molecule has 4 heteroatoms. The fourth-order valence-corrected chi connectivity index (χ4v) is 1.10. The molecule has 0 fully saturated rings. The summed E-state index contributed by atoms with van der Waals surface area (Å²) >= 11 is 0. The number of carbonyl (C=O) groups excluding carboxylic acids is 1. The summed E-state index contributed by atoms with van der Waals surface area (Å²) in [5.41, 5.74) is 0. The monoisotopic (exact) mass is 229 g/mol. The second-order valence-corrected chi connectivity index (χ2v) is 4.35. The van der Waals surface area contributed by atoms with Gasteiger partial charge in [0.25, 0.3) is 0 Å². The number of alkyl carbamates (subject to hydrolysis) is 1. The van der Waals surface area contributed by atoms with Crippen LogP contribution in [0.1, 0.15) is 34.1 Å². The highest BCUT2D eigenvalue weighted by Gasteiger charge is 2.15. The van der Waals surface area contributed by atoms with Crippen molar-refractivity contribution in [3.8, 4) is 0 Å². The molecule has 0 aliphatic rings. The first-order valence-corrected chi connectivity index (χ1v) is 5.72. The molecule has 0 saturated carbocycles. The normalized spacial score (nSPS) is 13.4. The van der Waals surface area contributed by atoms with E-state index in [1.807, 2.05) is 39.8 Å². The van der Waals surface area contributed by atoms with E-state index in [2.05, 4.69) is 5.32 Å². The molecular weight excluding hydrogens is 206 g/mol. The summed E-state index contributed by atoms with van der Waals surface area (Å²) in [5, 5.41) is 11.3. The van der Waals surface area contributed by atoms with Gasteiger partial charge in [0.2, 0.25) is 0 Å². The predicted octanol–water partition coefficient (Wildman–Crippen LogP) is 2.08. The van der Waals surface area contributed by atoms with Gasteiger partial charge in [-0.3, -0.25) is 0 Å². The number of nitrogens with one attached hydrogen (secondary N) is 1. The lowest BCUT2D eigenvalue weighted by Gasteiger charge is -2.19. The second kappa shape index (κ2) is 8.16. The van der Waals surface area contributed by atoms with E-state index in [0.717, 1.165) is 0 Å². The first kappa shape index (κ1) is 15.0. The molecule has 0 saturated heterocycles. The van der Waals surface area contributed by atoms with E-state index < -0.39 is 6.09 Å². The minimum absolute atomic E-state index is 0.0710. The fraction of sp³-hybridized carbons (Fsp3) is 0.750. The van der Waals surface area contributed by atoms with Gasteiger partial charge in [-0.05, 0) is 32.3 Å². The van der Waals surface area contributed by atoms with Crippen molar-refractivity contribution in [1.29, 1.82) is 0 Å². The summed E-state index contributed by atoms with van der Waals surface area (Å²) in [7, 11) is 0. The van der Waals surface area contributed by atoms with Crippen LogP contribution in [0.2, 0.25) is 0 Å². The van der Waals surface area contributed by atoms with E-state index in [4.69, 9.17) is 9.84 Å². The molecule has 0 aromatic rings. The van der Waals surface area contributed by atoms with Gasteiger partial charge in [-0.2, -0.15) is 0 Å². The van der Waals surface area contributed by atoms with E-state index >= 15 is 0 Å². The van der Waals surface area contributed by atoms with Crippen LogP contribution in [-0.2, 0) is 4.74 Å². The third-order valence-corrected chi connectivity index (χ3v) is 1.93. The van der Waals surface area contributed by atoms with E-state index in [0.29, 0.717) is 6.42 Å². The highest BCUT2D eigenvalue weighted by molar-refractivity contribution is 5.67. The Morgan fingerprint density at radius 2 is 2.00 bits per heavy atom. The van der Waals surface area contributed by atoms with Gasteiger partial charge in [-0.1, -0.05) is 19.9 Å². The average Bonchev–Trinajstić information content (AvgIpc) is 2.15. The first-order chi connectivity index (χ1) is 7.47. The van der Waals surface area contributed by atoms with Crippen molar-refractivity contribution < 1.29 is 14.6 Å². The standard InChI is InChI=1S/C12H23NO3/c1-9(2)11(7-5-6-8-14)16-12(15)13-10(3)4/h5,7,9-11,14H,6,8H2,1-4H3,(H,13,15)/b7-5-. The zero-order valence-electron chi connectivity index (χ0n) is 10.6. The van der Waals surface area contributed by atoms with E-state index in [1.54, 1.807) is 0 Å². The van der Waals surface area contributed by atoms with Gasteiger partial charge in [-0.15, -0.1) is 0 Å². The van der Waals surface area contributed by atoms with Gasteiger partial charge >= 0.3 is 6.09 Å². The molecule has 0 radical (unpaired) electrons. The smallest absolute Gasteiger partial charge is 0.407 e. The summed E-state index contributed by atoms with van der Waals surface area (Å²) in [6.07, 6.45) is 3.58. The minimum atomic E-state index is -0.401. The second-order valence-electron chi connectivity index (χ2n) is 4.35. The van der Waals surface area contributed by atoms with Gasteiger partial charge in [-0.25, -0.2) is 4.79 Å². The molecule has 0 spiro atoms. The fourth-order valence-electron chi connectivity index (χ4n) is 1.10. The molecule has 1 unspecified atom stereocenters. The van der Waals surface area contributed by atoms with Crippen LogP contribution < -0.4 is 5.32 Å². The van der Waals surface area contributed by atoms with Crippen molar-refractivity contribution in [2.75, 3.05) is 6.61 Å². The van der Waals surface area contributed by atoms with Crippen molar-refractivity contribution in [3.05, 3.63) is 12.2 Å². The first-order valence-electron chi connectivity index (χ1n) is 5.72. The molecule has 16 heavy (non-hydrogen) atoms. The maximum absolute atomic E-state index is 11.4. The Morgan fingerprint density at radius 1 is 1.38 bits per heavy atom. The number of rotatable bonds is 6. The van der Waals surface area contributed by atoms with Crippen LogP contribution >= 0.6 is 0 Å². The molecule has 0 heterocycles. The number of aliphatic hydroxyl groups is 1. The lowest BCUT2D eigenvalue weighted by Crippen LogP contribution is -2.34. The number of aliphatic hydroxyl groups excluding tert-OH is 1. The van der Waals surface area contributed by atoms with Crippen LogP contribution in [0, 0.1) is 5.92 Å². The van der Waals surface area contributed by atoms with Crippen molar-refractivity contribution in [3.63, 3.8) is 0 Å². The largest absolute Gasteiger partial charge is 0.442 e. The number of amides is 1. The van der Waals surface area contributed by atoms with Crippen LogP contribution in [0.25, 0.3) is 0 Å². The zero-order chi connectivity index (χ0) is 12.6. The minimum Gasteiger partial charge on any atom is -0.442 e. The molecule has 0 rings (SSSR count). The van der Waals surface area contributed by atoms with Crippen molar-refractivity contribution in [2.45, 2.75) is 46.3 Å². The van der Waals surface area contributed by atoms with E-state index in [9.17, 15) is 4.79 Å². The quantitative estimate of drug-likeness (QED) is 0.686. The SMILES string of the molecule is CC(C)NC(=O)OC(/C=C\CCO)C(C)C. The third kappa shape index (κ3) is 7.29. The molecule has 0 bridgehead atoms. The molecule has 1 amide bonds. The van der Waals surface area contributed by atoms with Crippen molar-refractivity contribution in [1.82, 2.24) is 5.32 Å². The van der Waals surface area contributed by atoms with Crippen LogP contribution in [0.3, 0.4) is 0 Å². The predicted molar refractivity (Wildman–Crippen MR) is 64.2 cm³/mol. The van der Waals surface area contributed by atoms with Gasteiger partial charge in [0.05, 0.1) is 0 Å². The summed E-state index contributed by atoms with van der Waals surface area (Å²) in [6, 6.07) is 0.0710. The van der Waals surface area contributed by atoms with E-state index in [1.165, 1.54) is 0 Å². The lowest BCUT2D eigenvalue weighted by atomic mass is 10.1. The Balaban J connectivity index is 4.17. The van der Waals surface area contributed by atoms with Crippen molar-refractivity contribution >= 4 is 6.09 Å². The van der Waals surface area contributed by atoms with Gasteiger partial charge in [0, 0.05) is 12.6 Å². The Morgan fingerprint density at radius 3 is 2.44 bits per heavy atom. The Hall–Kier alpha value is -1.03. The number of ether oxygens (including phenoxy) is 1. The highest BCUT2D eigenvalue weighted by atomic mass is 16.6. The summed E-state index contributed by atoms with van der Waals surface area (Å²) < 4.78 is 5.25. The molecule has 1 atom stereocenters. The molecule has 0 aromatic heterocycles. The molecule has 0 aliphatic heterocycles. The number of hydrogen-bond donors (Lipinski definition) is 2. The zero-order valence-corrected chi connectivity index (χ0v) is 10.6. The maximum atomic E-state index is 11.4. The maximum Gasteiger partial charge on any atom is 0.407 e. The van der Waals surface area contributed by atoms with Gasteiger partial charge in [0.15, 0.2) is 0 Å². The lowest BCUT2D eigenvalue weighted by molar-refractivity contribution is 0.0953. The average molecular weight is 229 g/mol. The summed E-state index contributed by atoms with van der Waals surface area (Å²) in [4.78, 5) is 11.4. The highest BCUT2D eigenvalue weighted by Crippen LogP contribution is 2.09. The Kier molecular flexibility index (Phi) is 7.64. The molecule has 0 aliphatic carbocycles. The van der Waals surface area contributed by atoms with Crippen LogP contribution in [0.15, 0.2) is 12.2 Å². The molecule has 4 nitrogen and oxygen atoms in total. The van der Waals surface area contributed by atoms with Gasteiger partial charge < -0.3 is 15.2 Å². The van der Waals surface area contributed by atoms with Crippen LogP contribution in [-0.4, -0.2) is 30.0 Å². The summed E-state index contributed by atoms with van der Waals surface area (Å²) in [5.74, 6) is 0.216. The summed E-state index contributed by atoms with van der Waals surface area (Å²) in [6.45, 7) is 7.84. The molecule has 2 N–H and O–H groups in total. The molecule has 94 valence electrons. The third-order valence-electron chi connectivity index (χ3n) is 1.93. The number of carbonyl (C=O) groups is 1. The van der Waals surface area contributed by atoms with Crippen molar-refractivity contribution in [2.24, 2.45) is 5.92 Å². The van der Waals surface area contributed by atoms with E-state index in [-0.39, 0.29) is 24.7 Å². The number of hydrogen-bond acceptors (Lipinski definition) is 3. The molecule has 0 aromatic carbocycles. The van der Waals surface area contributed by atoms with Crippen LogP contribution in [0.4, 0.5) is 4.79 Å². The van der Waals surface area contributed by atoms with Gasteiger partial charge in [0.1, 0.15) is 6.10 Å². The Bertz CT molecular complexity index is 224.